The predicted molar refractivity (Wildman–Crippen MR) is 92.8 cm³/mol. The van der Waals surface area contributed by atoms with Gasteiger partial charge in [-0.3, -0.25) is 4.79 Å². The molecule has 1 unspecified atom stereocenters. The Morgan fingerprint density at radius 2 is 2.00 bits per heavy atom. The van der Waals surface area contributed by atoms with Crippen LogP contribution in [0.5, 0.6) is 0 Å². The van der Waals surface area contributed by atoms with Crippen LogP contribution in [-0.4, -0.2) is 10.5 Å². The zero-order chi connectivity index (χ0) is 18.1. The molecule has 4 nitrogen and oxygen atoms in total. The summed E-state index contributed by atoms with van der Waals surface area (Å²) in [5.41, 5.74) is 1.05. The molecule has 1 amide bonds. The highest BCUT2D eigenvalue weighted by molar-refractivity contribution is 9.10. The number of halogens is 3. The van der Waals surface area contributed by atoms with Crippen molar-refractivity contribution in [2.24, 2.45) is 7.05 Å². The van der Waals surface area contributed by atoms with Crippen molar-refractivity contribution >= 4 is 32.7 Å². The number of amides is 1. The van der Waals surface area contributed by atoms with Crippen LogP contribution >= 0.6 is 15.9 Å². The van der Waals surface area contributed by atoms with Gasteiger partial charge in [0.1, 0.15) is 23.4 Å². The number of hydrogen-bond donors (Lipinski definition) is 1. The number of nitriles is 1. The van der Waals surface area contributed by atoms with Gasteiger partial charge in [-0.15, -0.1) is 0 Å². The lowest BCUT2D eigenvalue weighted by atomic mass is 10.1. The van der Waals surface area contributed by atoms with Crippen molar-refractivity contribution in [3.63, 3.8) is 0 Å². The first kappa shape index (κ1) is 17.1. The number of nitrogens with zero attached hydrogens (tertiary/aromatic N) is 2. The third kappa shape index (κ3) is 3.01. The lowest BCUT2D eigenvalue weighted by Gasteiger charge is -2.13. The molecule has 0 fully saturated rings. The van der Waals surface area contributed by atoms with Crippen LogP contribution in [0.3, 0.4) is 0 Å². The molecular weight excluding hydrogens is 392 g/mol. The molecule has 1 atom stereocenters. The highest BCUT2D eigenvalue weighted by atomic mass is 79.9. The van der Waals surface area contributed by atoms with Gasteiger partial charge >= 0.3 is 0 Å². The van der Waals surface area contributed by atoms with E-state index >= 15 is 0 Å². The van der Waals surface area contributed by atoms with Crippen LogP contribution < -0.4 is 5.32 Å². The van der Waals surface area contributed by atoms with E-state index in [4.69, 9.17) is 0 Å². The van der Waals surface area contributed by atoms with Crippen LogP contribution in [0.4, 0.5) is 8.78 Å². The molecule has 7 heteroatoms. The first-order chi connectivity index (χ1) is 11.9. The lowest BCUT2D eigenvalue weighted by molar-refractivity contribution is 0.0936. The van der Waals surface area contributed by atoms with E-state index in [2.05, 4.69) is 21.2 Å². The van der Waals surface area contributed by atoms with Crippen molar-refractivity contribution in [1.82, 2.24) is 9.88 Å². The molecule has 1 heterocycles. The Morgan fingerprint density at radius 3 is 2.64 bits per heavy atom. The minimum absolute atomic E-state index is 0.0906. The van der Waals surface area contributed by atoms with Crippen LogP contribution in [0.25, 0.3) is 10.9 Å². The lowest BCUT2D eigenvalue weighted by Crippen LogP contribution is -2.30. The van der Waals surface area contributed by atoms with Crippen molar-refractivity contribution in [3.05, 3.63) is 69.8 Å². The molecule has 0 saturated heterocycles. The molecule has 0 aliphatic rings. The van der Waals surface area contributed by atoms with E-state index < -0.39 is 23.6 Å². The zero-order valence-corrected chi connectivity index (χ0v) is 14.6. The average Bonchev–Trinajstić information content (AvgIpc) is 2.85. The number of carbonyl (C=O) groups is 1. The summed E-state index contributed by atoms with van der Waals surface area (Å²) in [7, 11) is 1.72. The molecule has 0 radical (unpaired) electrons. The number of fused-ring (bicyclic) bond motifs is 1. The molecule has 0 saturated carbocycles. The Kier molecular flexibility index (Phi) is 4.55. The smallest absolute Gasteiger partial charge is 0.270 e. The van der Waals surface area contributed by atoms with Crippen molar-refractivity contribution in [2.45, 2.75) is 6.04 Å². The highest BCUT2D eigenvalue weighted by Gasteiger charge is 2.24. The number of aryl methyl sites for hydroxylation is 1. The standard InChI is InChI=1S/C18H12BrF2N3O/c1-24-15-5-3-2-4-12(15)16(19)17(24)18(25)23-14(9-22)11-7-6-10(20)8-13(11)21/h2-8,14H,1H3,(H,23,25). The third-order valence-corrected chi connectivity index (χ3v) is 4.74. The highest BCUT2D eigenvalue weighted by Crippen LogP contribution is 2.30. The molecule has 3 aromatic rings. The minimum atomic E-state index is -1.24. The van der Waals surface area contributed by atoms with Crippen molar-refractivity contribution in [2.75, 3.05) is 0 Å². The molecule has 0 aliphatic heterocycles. The fourth-order valence-corrected chi connectivity index (χ4v) is 3.49. The molecular formula is C18H12BrF2N3O. The molecule has 25 heavy (non-hydrogen) atoms. The van der Waals surface area contributed by atoms with Gasteiger partial charge in [-0.1, -0.05) is 24.3 Å². The molecule has 1 aromatic heterocycles. The number of para-hydroxylation sites is 1. The van der Waals surface area contributed by atoms with Gasteiger partial charge in [0, 0.05) is 29.6 Å². The number of benzene rings is 2. The molecule has 2 aromatic carbocycles. The fourth-order valence-electron chi connectivity index (χ4n) is 2.71. The maximum Gasteiger partial charge on any atom is 0.270 e. The third-order valence-electron chi connectivity index (χ3n) is 3.94. The largest absolute Gasteiger partial charge is 0.339 e. The van der Waals surface area contributed by atoms with E-state index in [9.17, 15) is 18.8 Å². The van der Waals surface area contributed by atoms with Gasteiger partial charge in [0.05, 0.1) is 10.5 Å². The SMILES string of the molecule is Cn1c(C(=O)NC(C#N)c2ccc(F)cc2F)c(Br)c2ccccc21. The first-order valence-electron chi connectivity index (χ1n) is 7.32. The summed E-state index contributed by atoms with van der Waals surface area (Å²) in [4.78, 5) is 12.7. The summed E-state index contributed by atoms with van der Waals surface area (Å²) in [6.07, 6.45) is 0. The quantitative estimate of drug-likeness (QED) is 0.711. The van der Waals surface area contributed by atoms with E-state index in [0.717, 1.165) is 23.0 Å². The molecule has 3 rings (SSSR count). The van der Waals surface area contributed by atoms with Crippen molar-refractivity contribution in [3.8, 4) is 6.07 Å². The maximum atomic E-state index is 13.9. The molecule has 0 bridgehead atoms. The summed E-state index contributed by atoms with van der Waals surface area (Å²) in [6.45, 7) is 0. The number of carbonyl (C=O) groups excluding carboxylic acids is 1. The van der Waals surface area contributed by atoms with Crippen LogP contribution in [-0.2, 0) is 7.05 Å². The number of hydrogen-bond acceptors (Lipinski definition) is 2. The molecule has 1 N–H and O–H groups in total. The average molecular weight is 404 g/mol. The predicted octanol–water partition coefficient (Wildman–Crippen LogP) is 4.21. The van der Waals surface area contributed by atoms with E-state index in [1.165, 1.54) is 0 Å². The number of aromatic nitrogens is 1. The second kappa shape index (κ2) is 6.65. The number of rotatable bonds is 3. The van der Waals surface area contributed by atoms with E-state index in [0.29, 0.717) is 16.2 Å². The topological polar surface area (TPSA) is 57.8 Å². The van der Waals surface area contributed by atoms with E-state index in [1.54, 1.807) is 11.6 Å². The van der Waals surface area contributed by atoms with Gasteiger partial charge in [-0.25, -0.2) is 8.78 Å². The normalized spacial score (nSPS) is 12.0. The maximum absolute atomic E-state index is 13.9. The van der Waals surface area contributed by atoms with E-state index in [1.807, 2.05) is 30.3 Å². The summed E-state index contributed by atoms with van der Waals surface area (Å²) < 4.78 is 29.2. The molecule has 0 aliphatic carbocycles. The van der Waals surface area contributed by atoms with Crippen LogP contribution in [0.15, 0.2) is 46.9 Å². The molecule has 0 spiro atoms. The Morgan fingerprint density at radius 1 is 1.28 bits per heavy atom. The molecule has 126 valence electrons. The fraction of sp³-hybridized carbons (Fsp3) is 0.111. The summed E-state index contributed by atoms with van der Waals surface area (Å²) in [5, 5.41) is 12.6. The zero-order valence-electron chi connectivity index (χ0n) is 13.1. The minimum Gasteiger partial charge on any atom is -0.339 e. The second-order valence-corrected chi connectivity index (χ2v) is 6.23. The van der Waals surface area contributed by atoms with Crippen LogP contribution in [0.2, 0.25) is 0 Å². The number of nitrogens with one attached hydrogen (secondary N) is 1. The van der Waals surface area contributed by atoms with Gasteiger partial charge in [0.2, 0.25) is 0 Å². The summed E-state index contributed by atoms with van der Waals surface area (Å²) >= 11 is 3.41. The van der Waals surface area contributed by atoms with Crippen molar-refractivity contribution < 1.29 is 13.6 Å². The van der Waals surface area contributed by atoms with Crippen LogP contribution in [0.1, 0.15) is 22.1 Å². The second-order valence-electron chi connectivity index (χ2n) is 5.44. The first-order valence-corrected chi connectivity index (χ1v) is 8.11. The van der Waals surface area contributed by atoms with Crippen molar-refractivity contribution in [1.29, 1.82) is 5.26 Å². The van der Waals surface area contributed by atoms with Gasteiger partial charge in [-0.05, 0) is 28.1 Å². The Hall–Kier alpha value is -2.72. The van der Waals surface area contributed by atoms with Gasteiger partial charge in [0.15, 0.2) is 0 Å². The Labute approximate surface area is 150 Å². The Balaban J connectivity index is 1.98. The van der Waals surface area contributed by atoms with E-state index in [-0.39, 0.29) is 5.56 Å². The van der Waals surface area contributed by atoms with Gasteiger partial charge < -0.3 is 9.88 Å². The summed E-state index contributed by atoms with van der Waals surface area (Å²) in [5.74, 6) is -2.18. The van der Waals surface area contributed by atoms with Crippen LogP contribution in [0, 0.1) is 23.0 Å². The Bertz CT molecular complexity index is 984. The van der Waals surface area contributed by atoms with Gasteiger partial charge in [0.25, 0.3) is 5.91 Å². The summed E-state index contributed by atoms with van der Waals surface area (Å²) in [6, 6.07) is 10.9. The monoisotopic (exact) mass is 403 g/mol. The van der Waals surface area contributed by atoms with Gasteiger partial charge in [-0.2, -0.15) is 5.26 Å².